The summed E-state index contributed by atoms with van der Waals surface area (Å²) in [6, 6.07) is 4.11. The number of sulfonamides is 1. The number of carbonyl (C=O) groups excluding carboxylic acids is 1. The first-order valence-electron chi connectivity index (χ1n) is 7.55. The largest absolute Gasteiger partial charge is 0.347 e. The zero-order valence-corrected chi connectivity index (χ0v) is 16.2. The van der Waals surface area contributed by atoms with Gasteiger partial charge in [-0.2, -0.15) is 4.31 Å². The highest BCUT2D eigenvalue weighted by molar-refractivity contribution is 7.89. The van der Waals surface area contributed by atoms with Crippen LogP contribution in [-0.4, -0.2) is 74.7 Å². The van der Waals surface area contributed by atoms with Crippen molar-refractivity contribution < 1.29 is 13.2 Å². The highest BCUT2D eigenvalue weighted by Crippen LogP contribution is 2.28. The SMILES string of the molecule is C[C@@H](C(=O)N(C)C)N1CCN(S(=O)(=O)c2cc(Cl)ccc2Cl)CC1. The second-order valence-corrected chi connectivity index (χ2v) is 8.67. The van der Waals surface area contributed by atoms with Crippen molar-refractivity contribution in [3.05, 3.63) is 28.2 Å². The second-order valence-electron chi connectivity index (χ2n) is 5.92. The van der Waals surface area contributed by atoms with Gasteiger partial charge in [-0.25, -0.2) is 8.42 Å². The Bertz CT molecular complexity index is 717. The summed E-state index contributed by atoms with van der Waals surface area (Å²) >= 11 is 11.9. The van der Waals surface area contributed by atoms with E-state index in [0.717, 1.165) is 0 Å². The second kappa shape index (κ2) is 7.58. The lowest BCUT2D eigenvalue weighted by molar-refractivity contribution is -0.134. The third-order valence-corrected chi connectivity index (χ3v) is 6.75. The van der Waals surface area contributed by atoms with E-state index in [1.54, 1.807) is 25.1 Å². The average molecular weight is 394 g/mol. The van der Waals surface area contributed by atoms with Gasteiger partial charge in [0.2, 0.25) is 15.9 Å². The number of hydrogen-bond donors (Lipinski definition) is 0. The monoisotopic (exact) mass is 393 g/mol. The molecule has 0 N–H and O–H groups in total. The molecule has 0 spiro atoms. The Kier molecular flexibility index (Phi) is 6.14. The van der Waals surface area contributed by atoms with E-state index in [1.807, 2.05) is 11.8 Å². The van der Waals surface area contributed by atoms with Gasteiger partial charge in [0.05, 0.1) is 11.1 Å². The van der Waals surface area contributed by atoms with Crippen molar-refractivity contribution in [2.45, 2.75) is 17.9 Å². The molecule has 0 aliphatic carbocycles. The number of benzene rings is 1. The first kappa shape index (κ1) is 19.5. The van der Waals surface area contributed by atoms with E-state index in [-0.39, 0.29) is 21.9 Å². The number of carbonyl (C=O) groups is 1. The van der Waals surface area contributed by atoms with Gasteiger partial charge in [-0.05, 0) is 25.1 Å². The molecule has 0 bridgehead atoms. The van der Waals surface area contributed by atoms with Gasteiger partial charge >= 0.3 is 0 Å². The molecule has 134 valence electrons. The smallest absolute Gasteiger partial charge is 0.244 e. The summed E-state index contributed by atoms with van der Waals surface area (Å²) in [4.78, 5) is 15.6. The quantitative estimate of drug-likeness (QED) is 0.781. The average Bonchev–Trinajstić information content (AvgIpc) is 2.55. The summed E-state index contributed by atoms with van der Waals surface area (Å²) in [6.07, 6.45) is 0. The zero-order chi connectivity index (χ0) is 18.1. The molecule has 0 unspecified atom stereocenters. The predicted octanol–water partition coefficient (Wildman–Crippen LogP) is 1.78. The van der Waals surface area contributed by atoms with Crippen molar-refractivity contribution in [2.24, 2.45) is 0 Å². The zero-order valence-electron chi connectivity index (χ0n) is 13.9. The molecule has 1 heterocycles. The molecular weight excluding hydrogens is 373 g/mol. The van der Waals surface area contributed by atoms with Crippen molar-refractivity contribution in [1.82, 2.24) is 14.1 Å². The predicted molar refractivity (Wildman–Crippen MR) is 94.9 cm³/mol. The number of amides is 1. The Morgan fingerprint density at radius 3 is 2.29 bits per heavy atom. The fourth-order valence-electron chi connectivity index (χ4n) is 2.68. The maximum Gasteiger partial charge on any atom is 0.244 e. The van der Waals surface area contributed by atoms with Crippen LogP contribution in [0.25, 0.3) is 0 Å². The summed E-state index contributed by atoms with van der Waals surface area (Å²) in [5, 5.41) is 0.472. The molecule has 1 amide bonds. The van der Waals surface area contributed by atoms with Crippen molar-refractivity contribution in [3.8, 4) is 0 Å². The standard InChI is InChI=1S/C15H21Cl2N3O3S/c1-11(15(21)18(2)3)19-6-8-20(9-7-19)24(22,23)14-10-12(16)4-5-13(14)17/h4-5,10-11H,6-9H2,1-3H3/t11-/m0/s1. The number of rotatable bonds is 4. The Balaban J connectivity index is 2.11. The molecule has 1 aliphatic heterocycles. The van der Waals surface area contributed by atoms with Gasteiger partial charge in [0.1, 0.15) is 4.90 Å². The molecule has 6 nitrogen and oxygen atoms in total. The fourth-order valence-corrected chi connectivity index (χ4v) is 4.83. The third-order valence-electron chi connectivity index (χ3n) is 4.13. The molecule has 1 aliphatic rings. The molecule has 1 saturated heterocycles. The lowest BCUT2D eigenvalue weighted by Gasteiger charge is -2.37. The number of piperazine rings is 1. The third kappa shape index (κ3) is 4.03. The number of hydrogen-bond acceptors (Lipinski definition) is 4. The molecule has 2 rings (SSSR count). The number of likely N-dealkylation sites (N-methyl/N-ethyl adjacent to an activating group) is 1. The normalized spacial score (nSPS) is 18.4. The van der Waals surface area contributed by atoms with E-state index in [0.29, 0.717) is 31.2 Å². The number of halogens is 2. The van der Waals surface area contributed by atoms with Crippen LogP contribution in [0.1, 0.15) is 6.92 Å². The van der Waals surface area contributed by atoms with Crippen LogP contribution < -0.4 is 0 Å². The van der Waals surface area contributed by atoms with Gasteiger partial charge in [-0.15, -0.1) is 0 Å². The van der Waals surface area contributed by atoms with Crippen molar-refractivity contribution >= 4 is 39.1 Å². The van der Waals surface area contributed by atoms with E-state index in [9.17, 15) is 13.2 Å². The first-order chi connectivity index (χ1) is 11.1. The molecule has 1 aromatic rings. The summed E-state index contributed by atoms with van der Waals surface area (Å²) in [6.45, 7) is 3.41. The van der Waals surface area contributed by atoms with E-state index in [1.165, 1.54) is 16.4 Å². The molecule has 0 saturated carbocycles. The van der Waals surface area contributed by atoms with Gasteiger partial charge < -0.3 is 4.90 Å². The van der Waals surface area contributed by atoms with E-state index in [4.69, 9.17) is 23.2 Å². The lowest BCUT2D eigenvalue weighted by Crippen LogP contribution is -2.54. The van der Waals surface area contributed by atoms with Gasteiger partial charge in [-0.1, -0.05) is 23.2 Å². The molecule has 1 atom stereocenters. The fraction of sp³-hybridized carbons (Fsp3) is 0.533. The Morgan fingerprint density at radius 2 is 1.75 bits per heavy atom. The van der Waals surface area contributed by atoms with Crippen molar-refractivity contribution in [2.75, 3.05) is 40.3 Å². The van der Waals surface area contributed by atoms with Crippen LogP contribution in [0.15, 0.2) is 23.1 Å². The van der Waals surface area contributed by atoms with Gasteiger partial charge in [0.15, 0.2) is 0 Å². The van der Waals surface area contributed by atoms with Crippen LogP contribution in [-0.2, 0) is 14.8 Å². The highest BCUT2D eigenvalue weighted by Gasteiger charge is 2.33. The van der Waals surface area contributed by atoms with Gasteiger partial charge in [0.25, 0.3) is 0 Å². The van der Waals surface area contributed by atoms with Crippen LogP contribution in [0.4, 0.5) is 0 Å². The molecule has 24 heavy (non-hydrogen) atoms. The minimum Gasteiger partial charge on any atom is -0.347 e. The van der Waals surface area contributed by atoms with Gasteiger partial charge in [0, 0.05) is 45.3 Å². The van der Waals surface area contributed by atoms with Crippen LogP contribution >= 0.6 is 23.2 Å². The molecule has 9 heteroatoms. The Hall–Kier alpha value is -0.860. The maximum atomic E-state index is 12.8. The molecular formula is C15H21Cl2N3O3S. The van der Waals surface area contributed by atoms with Gasteiger partial charge in [-0.3, -0.25) is 9.69 Å². The minimum atomic E-state index is -3.71. The first-order valence-corrected chi connectivity index (χ1v) is 9.74. The summed E-state index contributed by atoms with van der Waals surface area (Å²) in [5.74, 6) is 0.00388. The summed E-state index contributed by atoms with van der Waals surface area (Å²) in [7, 11) is -0.288. The van der Waals surface area contributed by atoms with E-state index >= 15 is 0 Å². The van der Waals surface area contributed by atoms with Crippen LogP contribution in [0, 0.1) is 0 Å². The minimum absolute atomic E-state index is 0.00388. The van der Waals surface area contributed by atoms with Crippen molar-refractivity contribution in [1.29, 1.82) is 0 Å². The molecule has 0 aromatic heterocycles. The van der Waals surface area contributed by atoms with Crippen LogP contribution in [0.3, 0.4) is 0 Å². The topological polar surface area (TPSA) is 60.9 Å². The summed E-state index contributed by atoms with van der Waals surface area (Å²) in [5.41, 5.74) is 0. The van der Waals surface area contributed by atoms with Crippen LogP contribution in [0.5, 0.6) is 0 Å². The van der Waals surface area contributed by atoms with Crippen molar-refractivity contribution in [3.63, 3.8) is 0 Å². The maximum absolute atomic E-state index is 12.8. The molecule has 0 radical (unpaired) electrons. The number of nitrogens with zero attached hydrogens (tertiary/aromatic N) is 3. The Labute approximate surface area is 153 Å². The van der Waals surface area contributed by atoms with E-state index < -0.39 is 10.0 Å². The molecule has 1 fully saturated rings. The highest BCUT2D eigenvalue weighted by atomic mass is 35.5. The van der Waals surface area contributed by atoms with Crippen LogP contribution in [0.2, 0.25) is 10.0 Å². The molecule has 1 aromatic carbocycles. The van der Waals surface area contributed by atoms with E-state index in [2.05, 4.69) is 0 Å². The summed E-state index contributed by atoms with van der Waals surface area (Å²) < 4.78 is 26.9. The Morgan fingerprint density at radius 1 is 1.17 bits per heavy atom. The lowest BCUT2D eigenvalue weighted by atomic mass is 10.2.